The minimum absolute atomic E-state index is 0.795. The molecule has 0 fully saturated rings. The molecule has 0 radical (unpaired) electrons. The van der Waals surface area contributed by atoms with Crippen molar-refractivity contribution in [3.05, 3.63) is 455 Å². The lowest BCUT2D eigenvalue weighted by atomic mass is 9.88. The molecule has 0 aliphatic carbocycles. The first kappa shape index (κ1) is 74.4. The first-order valence-electron chi connectivity index (χ1n) is 40.2. The third-order valence-electron chi connectivity index (χ3n) is 23.1. The molecule has 0 unspecified atom stereocenters. The second-order valence-electron chi connectivity index (χ2n) is 30.0. The largest absolute Gasteiger partial charge is 0.309 e. The summed E-state index contributed by atoms with van der Waals surface area (Å²) in [4.78, 5) is 20.2. The molecule has 18 aromatic carbocycles. The predicted octanol–water partition coefficient (Wildman–Crippen LogP) is 24.6. The van der Waals surface area contributed by atoms with Crippen LogP contribution in [0, 0.1) is 0 Å². The highest BCUT2D eigenvalue weighted by atomic mass is 31.2. The van der Waals surface area contributed by atoms with Gasteiger partial charge < -0.3 is 13.7 Å². The summed E-state index contributed by atoms with van der Waals surface area (Å²) in [6.45, 7) is 0. The van der Waals surface area contributed by atoms with E-state index >= 15 is 9.13 Å². The predicted molar refractivity (Wildman–Crippen MR) is 508 cm³/mol. The maximum absolute atomic E-state index is 15.5. The lowest BCUT2D eigenvalue weighted by molar-refractivity contribution is 0.591. The van der Waals surface area contributed by atoms with Gasteiger partial charge in [-0.3, -0.25) is 9.97 Å². The number of pyridine rings is 4. The Labute approximate surface area is 695 Å². The average Bonchev–Trinajstić information content (AvgIpc) is 0.716. The van der Waals surface area contributed by atoms with Gasteiger partial charge in [0.05, 0.1) is 33.5 Å². The van der Waals surface area contributed by atoms with Gasteiger partial charge in [0, 0.05) is 120 Å². The minimum Gasteiger partial charge on any atom is -0.309 e. The van der Waals surface area contributed by atoms with Crippen LogP contribution < -0.4 is 47.7 Å². The van der Waals surface area contributed by atoms with Crippen molar-refractivity contribution in [3.8, 4) is 44.8 Å². The Morgan fingerprint density at radius 3 is 0.933 bits per heavy atom. The average molecular weight is 1590 g/mol. The third kappa shape index (κ3) is 13.5. The molecule has 0 saturated carbocycles. The molecule has 4 aromatic heterocycles. The van der Waals surface area contributed by atoms with Gasteiger partial charge >= 0.3 is 0 Å². The van der Waals surface area contributed by atoms with Crippen molar-refractivity contribution in [2.45, 2.75) is 0 Å². The SMILES string of the molecule is O=P(c1ccc(-c2nc3ccccc3c3ccccc23)cc1)(c1ccc2ccccc2c1)c1ccc2ccccc2c1.O=P(c1ccccc1)(c1ccccc1)c1ccc(-c2c3ncccc3c(-c3ccccc3)c3ncc4ccccc4c23)cc1.O=P(c1ccccc1)(c1ccccc1)c1ccc(-c2nc3ccccc3c3ccccc23)cc1. The number of hydrogen-bond acceptors (Lipinski definition) is 7. The minimum atomic E-state index is -3.20. The fourth-order valence-corrected chi connectivity index (χ4v) is 25.2. The standard InChI is InChI=1S/C40H27N2OP.C39H26NOP.C31H22NOP/c43-44(31-16-6-2-7-17-31,32-18-8-3-9-19-32)33-24-22-29(23-25-33)37-38-34-20-11-10-15-30(34)27-42-40(38)36(28-13-4-1-5-14-28)35-21-12-26-41-39(35)37;41-42(33-23-17-27-9-1-3-11-30(27)25-33,34-24-18-28-10-2-4-12-31(28)26-34)32-21-19-29(20-22-32)39-37-15-6-5-13-35(37)36-14-7-8-16-38(36)40-39;33-34(24-11-3-1-4-12-24,25-13-5-2-6-14-25)26-21-19-23(20-22-26)31-29-17-8-7-15-27(29)28-16-9-10-18-30(28)32-31/h1-27H;1-26H;1-22H. The summed E-state index contributed by atoms with van der Waals surface area (Å²) in [5.41, 5.74) is 11.9. The molecule has 568 valence electrons. The van der Waals surface area contributed by atoms with Gasteiger partial charge in [-0.05, 0) is 79.2 Å². The van der Waals surface area contributed by atoms with Gasteiger partial charge in [0.25, 0.3) is 0 Å². The van der Waals surface area contributed by atoms with Crippen LogP contribution in [0.3, 0.4) is 0 Å². The number of hydrogen-bond donors (Lipinski definition) is 0. The lowest BCUT2D eigenvalue weighted by Gasteiger charge is -2.21. The molecule has 22 rings (SSSR count). The summed E-state index contributed by atoms with van der Waals surface area (Å²) in [7, 11) is -9.30. The molecule has 0 N–H and O–H groups in total. The highest BCUT2D eigenvalue weighted by molar-refractivity contribution is 7.86. The summed E-state index contributed by atoms with van der Waals surface area (Å²) in [5, 5.41) is 23.0. The quantitative estimate of drug-likeness (QED) is 0.0643. The zero-order valence-corrected chi connectivity index (χ0v) is 67.8. The number of para-hydroxylation sites is 2. The Balaban J connectivity index is 0.000000116. The number of rotatable bonds is 13. The van der Waals surface area contributed by atoms with Crippen molar-refractivity contribution in [1.82, 2.24) is 19.9 Å². The maximum Gasteiger partial charge on any atom is 0.171 e. The van der Waals surface area contributed by atoms with E-state index in [0.29, 0.717) is 0 Å². The van der Waals surface area contributed by atoms with Crippen LogP contribution in [0.2, 0.25) is 0 Å². The molecule has 0 amide bonds. The van der Waals surface area contributed by atoms with Crippen LogP contribution in [0.5, 0.6) is 0 Å². The molecule has 4 heterocycles. The van der Waals surface area contributed by atoms with Crippen molar-refractivity contribution in [2.75, 3.05) is 0 Å². The molecule has 0 aliphatic rings. The second-order valence-corrected chi connectivity index (χ2v) is 38.3. The van der Waals surface area contributed by atoms with Crippen LogP contribution in [0.4, 0.5) is 0 Å². The van der Waals surface area contributed by atoms with E-state index in [2.05, 4.69) is 218 Å². The van der Waals surface area contributed by atoms with Crippen molar-refractivity contribution in [3.63, 3.8) is 0 Å². The van der Waals surface area contributed by atoms with E-state index in [-0.39, 0.29) is 0 Å². The lowest BCUT2D eigenvalue weighted by Crippen LogP contribution is -2.25. The van der Waals surface area contributed by atoms with E-state index in [0.717, 1.165) is 179 Å². The van der Waals surface area contributed by atoms with E-state index in [1.54, 1.807) is 0 Å². The van der Waals surface area contributed by atoms with E-state index < -0.39 is 21.4 Å². The van der Waals surface area contributed by atoms with Crippen molar-refractivity contribution >= 4 is 167 Å². The maximum atomic E-state index is 15.5. The van der Waals surface area contributed by atoms with Crippen molar-refractivity contribution < 1.29 is 13.7 Å². The summed E-state index contributed by atoms with van der Waals surface area (Å²) in [5.74, 6) is 0. The molecule has 0 spiro atoms. The van der Waals surface area contributed by atoms with E-state index in [1.807, 2.05) is 237 Å². The topological polar surface area (TPSA) is 103 Å². The molecule has 120 heavy (non-hydrogen) atoms. The van der Waals surface area contributed by atoms with Gasteiger partial charge in [-0.15, -0.1) is 0 Å². The van der Waals surface area contributed by atoms with Gasteiger partial charge in [0.15, 0.2) is 21.4 Å². The fourth-order valence-electron chi connectivity index (χ4n) is 17.2. The molecule has 10 heteroatoms. The molecule has 0 saturated heterocycles. The summed E-state index contributed by atoms with van der Waals surface area (Å²) in [6.07, 6.45) is 3.83. The van der Waals surface area contributed by atoms with E-state index in [1.165, 1.54) is 10.8 Å². The molecule has 0 aliphatic heterocycles. The normalized spacial score (nSPS) is 11.8. The Hall–Kier alpha value is -14.4. The van der Waals surface area contributed by atoms with Gasteiger partial charge in [-0.25, -0.2) is 9.97 Å². The fraction of sp³-hybridized carbons (Fsp3) is 0. The molecule has 22 aromatic rings. The van der Waals surface area contributed by atoms with Gasteiger partial charge in [0.2, 0.25) is 0 Å². The van der Waals surface area contributed by atoms with E-state index in [9.17, 15) is 4.57 Å². The van der Waals surface area contributed by atoms with Crippen LogP contribution in [0.15, 0.2) is 455 Å². The van der Waals surface area contributed by atoms with Crippen LogP contribution in [0.25, 0.3) is 142 Å². The number of nitrogens with zero attached hydrogens (tertiary/aromatic N) is 4. The summed E-state index contributed by atoms with van der Waals surface area (Å²) >= 11 is 0. The summed E-state index contributed by atoms with van der Waals surface area (Å²) in [6, 6.07) is 149. The number of aromatic nitrogens is 4. The Bertz CT molecular complexity index is 7630. The second kappa shape index (κ2) is 31.9. The van der Waals surface area contributed by atoms with Crippen LogP contribution in [-0.4, -0.2) is 19.9 Å². The van der Waals surface area contributed by atoms with Crippen molar-refractivity contribution in [2.24, 2.45) is 0 Å². The Kier molecular flexibility index (Phi) is 19.8. The third-order valence-corrected chi connectivity index (χ3v) is 32.3. The Morgan fingerprint density at radius 2 is 0.500 bits per heavy atom. The monoisotopic (exact) mass is 1590 g/mol. The number of benzene rings is 18. The highest BCUT2D eigenvalue weighted by Crippen LogP contribution is 2.49. The van der Waals surface area contributed by atoms with Gasteiger partial charge in [-0.1, -0.05) is 413 Å². The zero-order chi connectivity index (χ0) is 80.6. The first-order chi connectivity index (χ1) is 59.2. The van der Waals surface area contributed by atoms with Crippen LogP contribution >= 0.6 is 21.4 Å². The van der Waals surface area contributed by atoms with Gasteiger partial charge in [0.1, 0.15) is 0 Å². The molecular formula is C110H75N4O3P3. The smallest absolute Gasteiger partial charge is 0.171 e. The molecule has 0 bridgehead atoms. The molecule has 7 nitrogen and oxygen atoms in total. The number of fused-ring (bicyclic) bond motifs is 12. The zero-order valence-electron chi connectivity index (χ0n) is 65.2. The van der Waals surface area contributed by atoms with Crippen LogP contribution in [0.1, 0.15) is 0 Å². The van der Waals surface area contributed by atoms with Gasteiger partial charge in [-0.2, -0.15) is 0 Å². The molecular weight excluding hydrogens is 1520 g/mol. The first-order valence-corrected chi connectivity index (χ1v) is 45.3. The summed E-state index contributed by atoms with van der Waals surface area (Å²) < 4.78 is 45.2. The van der Waals surface area contributed by atoms with Crippen LogP contribution in [-0.2, 0) is 13.7 Å². The molecule has 0 atom stereocenters. The highest BCUT2D eigenvalue weighted by Gasteiger charge is 2.34. The van der Waals surface area contributed by atoms with Crippen molar-refractivity contribution in [1.29, 1.82) is 0 Å². The van der Waals surface area contributed by atoms with E-state index in [4.69, 9.17) is 19.9 Å². The Morgan fingerprint density at radius 1 is 0.192 bits per heavy atom.